The summed E-state index contributed by atoms with van der Waals surface area (Å²) in [5.74, 6) is -0.589. The van der Waals surface area contributed by atoms with Crippen LogP contribution in [0.3, 0.4) is 0 Å². The highest BCUT2D eigenvalue weighted by Crippen LogP contribution is 2.34. The van der Waals surface area contributed by atoms with Crippen LogP contribution in [0.15, 0.2) is 53.6 Å². The number of halogens is 3. The molecule has 0 atom stereocenters. The van der Waals surface area contributed by atoms with Gasteiger partial charge in [0.15, 0.2) is 0 Å². The number of hydrogen-bond donors (Lipinski definition) is 2. The zero-order valence-electron chi connectivity index (χ0n) is 15.1. The molecule has 2 amide bonds. The molecule has 0 aliphatic carbocycles. The average molecular weight is 393 g/mol. The highest BCUT2D eigenvalue weighted by molar-refractivity contribution is 6.06. The summed E-state index contributed by atoms with van der Waals surface area (Å²) in [6, 6.07) is 11.0. The second kappa shape index (κ2) is 9.03. The molecule has 9 heteroatoms. The summed E-state index contributed by atoms with van der Waals surface area (Å²) in [6.45, 7) is 1.48. The highest BCUT2D eigenvalue weighted by atomic mass is 19.4. The van der Waals surface area contributed by atoms with Crippen LogP contribution in [0.1, 0.15) is 29.3 Å². The Morgan fingerprint density at radius 2 is 1.71 bits per heavy atom. The van der Waals surface area contributed by atoms with Gasteiger partial charge in [0.25, 0.3) is 5.91 Å². The zero-order valence-corrected chi connectivity index (χ0v) is 15.1. The molecule has 0 heterocycles. The standard InChI is InChI=1S/C19H18F3N3O3/c1-12(24-25-18(27)13-7-9-14(28-2)10-8-13)11-17(26)23-16-6-4-3-5-15(16)19(20,21)22/h3-10H,11H2,1-2H3,(H,23,26)(H,25,27). The van der Waals surface area contributed by atoms with Crippen LogP contribution in [0.4, 0.5) is 18.9 Å². The molecule has 0 unspecified atom stereocenters. The van der Waals surface area contributed by atoms with Gasteiger partial charge in [-0.1, -0.05) is 12.1 Å². The summed E-state index contributed by atoms with van der Waals surface area (Å²) in [6.07, 6.45) is -4.87. The largest absolute Gasteiger partial charge is 0.497 e. The molecular weight excluding hydrogens is 375 g/mol. The zero-order chi connectivity index (χ0) is 20.7. The van der Waals surface area contributed by atoms with Crippen molar-refractivity contribution >= 4 is 23.2 Å². The third-order valence-corrected chi connectivity index (χ3v) is 3.62. The Morgan fingerprint density at radius 3 is 2.32 bits per heavy atom. The Balaban J connectivity index is 1.96. The number of benzene rings is 2. The number of hydrazone groups is 1. The number of nitrogens with zero attached hydrogens (tertiary/aromatic N) is 1. The van der Waals surface area contributed by atoms with Gasteiger partial charge in [-0.3, -0.25) is 9.59 Å². The van der Waals surface area contributed by atoms with Crippen molar-refractivity contribution in [2.75, 3.05) is 12.4 Å². The van der Waals surface area contributed by atoms with Gasteiger partial charge in [-0.15, -0.1) is 0 Å². The van der Waals surface area contributed by atoms with Gasteiger partial charge in [-0.25, -0.2) is 5.43 Å². The Bertz CT molecular complexity index is 878. The lowest BCUT2D eigenvalue weighted by molar-refractivity contribution is -0.137. The molecule has 0 spiro atoms. The van der Waals surface area contributed by atoms with Gasteiger partial charge in [0.05, 0.1) is 24.8 Å². The summed E-state index contributed by atoms with van der Waals surface area (Å²) >= 11 is 0. The Kier molecular flexibility index (Phi) is 6.75. The minimum atomic E-state index is -4.58. The number of para-hydroxylation sites is 1. The maximum atomic E-state index is 12.9. The Morgan fingerprint density at radius 1 is 1.07 bits per heavy atom. The van der Waals surface area contributed by atoms with Crippen LogP contribution in [0.25, 0.3) is 0 Å². The van der Waals surface area contributed by atoms with Crippen molar-refractivity contribution in [3.05, 3.63) is 59.7 Å². The van der Waals surface area contributed by atoms with E-state index in [1.54, 1.807) is 24.3 Å². The van der Waals surface area contributed by atoms with E-state index in [0.717, 1.165) is 6.07 Å². The van der Waals surface area contributed by atoms with Gasteiger partial charge in [0.1, 0.15) is 5.75 Å². The van der Waals surface area contributed by atoms with Gasteiger partial charge in [0, 0.05) is 11.3 Å². The molecule has 0 fully saturated rings. The quantitative estimate of drug-likeness (QED) is 0.578. The van der Waals surface area contributed by atoms with E-state index in [-0.39, 0.29) is 17.8 Å². The predicted molar refractivity (Wildman–Crippen MR) is 98.3 cm³/mol. The van der Waals surface area contributed by atoms with Crippen molar-refractivity contribution in [3.8, 4) is 5.75 Å². The number of anilines is 1. The first-order valence-electron chi connectivity index (χ1n) is 8.14. The van der Waals surface area contributed by atoms with E-state index in [2.05, 4.69) is 15.8 Å². The van der Waals surface area contributed by atoms with Gasteiger partial charge in [0.2, 0.25) is 5.91 Å². The number of amides is 2. The van der Waals surface area contributed by atoms with Crippen LogP contribution in [0, 0.1) is 0 Å². The molecule has 6 nitrogen and oxygen atoms in total. The van der Waals surface area contributed by atoms with Crippen molar-refractivity contribution in [3.63, 3.8) is 0 Å². The van der Waals surface area contributed by atoms with Crippen LogP contribution in [0.2, 0.25) is 0 Å². The normalized spacial score (nSPS) is 11.7. The molecular formula is C19H18F3N3O3. The molecule has 0 radical (unpaired) electrons. The van der Waals surface area contributed by atoms with Crippen LogP contribution >= 0.6 is 0 Å². The fraction of sp³-hybridized carbons (Fsp3) is 0.211. The van der Waals surface area contributed by atoms with Gasteiger partial charge in [-0.05, 0) is 43.3 Å². The minimum absolute atomic E-state index is 0.226. The molecule has 0 bridgehead atoms. The molecule has 2 rings (SSSR count). The lowest BCUT2D eigenvalue weighted by Crippen LogP contribution is -2.22. The number of ether oxygens (including phenoxy) is 1. The van der Waals surface area contributed by atoms with Crippen LogP contribution in [-0.4, -0.2) is 24.6 Å². The summed E-state index contributed by atoms with van der Waals surface area (Å²) in [5, 5.41) is 6.01. The molecule has 148 valence electrons. The molecule has 0 saturated carbocycles. The highest BCUT2D eigenvalue weighted by Gasteiger charge is 2.33. The smallest absolute Gasteiger partial charge is 0.418 e. The van der Waals surface area contributed by atoms with Crippen molar-refractivity contribution in [2.45, 2.75) is 19.5 Å². The number of methoxy groups -OCH3 is 1. The van der Waals surface area contributed by atoms with Gasteiger partial charge >= 0.3 is 6.18 Å². The van der Waals surface area contributed by atoms with Crippen LogP contribution in [0.5, 0.6) is 5.75 Å². The first-order chi connectivity index (χ1) is 13.2. The SMILES string of the molecule is COc1ccc(C(=O)NN=C(C)CC(=O)Nc2ccccc2C(F)(F)F)cc1. The van der Waals surface area contributed by atoms with Crippen LogP contribution < -0.4 is 15.5 Å². The van der Waals surface area contributed by atoms with E-state index in [9.17, 15) is 22.8 Å². The molecule has 0 aromatic heterocycles. The van der Waals surface area contributed by atoms with E-state index in [4.69, 9.17) is 4.74 Å². The molecule has 0 aliphatic heterocycles. The van der Waals surface area contributed by atoms with E-state index in [1.165, 1.54) is 32.2 Å². The van der Waals surface area contributed by atoms with E-state index in [0.29, 0.717) is 11.3 Å². The fourth-order valence-corrected chi connectivity index (χ4v) is 2.26. The fourth-order valence-electron chi connectivity index (χ4n) is 2.26. The number of alkyl halides is 3. The number of hydrogen-bond acceptors (Lipinski definition) is 4. The van der Waals surface area contributed by atoms with Crippen molar-refractivity contribution in [1.29, 1.82) is 0 Å². The molecule has 28 heavy (non-hydrogen) atoms. The second-order valence-corrected chi connectivity index (χ2v) is 5.78. The first-order valence-corrected chi connectivity index (χ1v) is 8.14. The van der Waals surface area contributed by atoms with Crippen molar-refractivity contribution < 1.29 is 27.5 Å². The monoisotopic (exact) mass is 393 g/mol. The van der Waals surface area contributed by atoms with E-state index < -0.39 is 23.6 Å². The lowest BCUT2D eigenvalue weighted by atomic mass is 10.1. The van der Waals surface area contributed by atoms with Crippen molar-refractivity contribution in [2.24, 2.45) is 5.10 Å². The molecule has 0 aliphatic rings. The maximum absolute atomic E-state index is 12.9. The predicted octanol–water partition coefficient (Wildman–Crippen LogP) is 3.85. The Labute approximate surface area is 159 Å². The molecule has 2 aromatic rings. The summed E-state index contributed by atoms with van der Waals surface area (Å²) < 4.78 is 43.8. The molecule has 2 N–H and O–H groups in total. The number of carbonyl (C=O) groups excluding carboxylic acids is 2. The van der Waals surface area contributed by atoms with E-state index in [1.807, 2.05) is 0 Å². The third-order valence-electron chi connectivity index (χ3n) is 3.62. The first kappa shape index (κ1) is 20.9. The van der Waals surface area contributed by atoms with E-state index >= 15 is 0 Å². The molecule has 0 saturated heterocycles. The molecule has 2 aromatic carbocycles. The summed E-state index contributed by atoms with van der Waals surface area (Å²) in [4.78, 5) is 24.0. The number of nitrogens with one attached hydrogen (secondary N) is 2. The topological polar surface area (TPSA) is 79.8 Å². The summed E-state index contributed by atoms with van der Waals surface area (Å²) in [7, 11) is 1.50. The lowest BCUT2D eigenvalue weighted by Gasteiger charge is -2.13. The third kappa shape index (κ3) is 5.83. The minimum Gasteiger partial charge on any atom is -0.497 e. The average Bonchev–Trinajstić information content (AvgIpc) is 2.65. The van der Waals surface area contributed by atoms with Gasteiger partial charge in [-0.2, -0.15) is 18.3 Å². The Hall–Kier alpha value is -3.36. The summed E-state index contributed by atoms with van der Waals surface area (Å²) in [5.41, 5.74) is 1.57. The van der Waals surface area contributed by atoms with Crippen molar-refractivity contribution in [1.82, 2.24) is 5.43 Å². The maximum Gasteiger partial charge on any atom is 0.418 e. The number of carbonyl (C=O) groups is 2. The van der Waals surface area contributed by atoms with Crippen LogP contribution in [-0.2, 0) is 11.0 Å². The van der Waals surface area contributed by atoms with Gasteiger partial charge < -0.3 is 10.1 Å². The number of rotatable bonds is 6. The second-order valence-electron chi connectivity index (χ2n) is 5.78.